The second-order valence-corrected chi connectivity index (χ2v) is 4.61. The van der Waals surface area contributed by atoms with Crippen LogP contribution in [-0.4, -0.2) is 17.2 Å². The number of aryl methyl sites for hydroxylation is 2. The predicted octanol–water partition coefficient (Wildman–Crippen LogP) is 2.77. The van der Waals surface area contributed by atoms with E-state index in [0.717, 1.165) is 16.7 Å². The lowest BCUT2D eigenvalue weighted by molar-refractivity contribution is 0.0955. The molecule has 0 atom stereocenters. The highest BCUT2D eigenvalue weighted by Gasteiger charge is 2.03. The van der Waals surface area contributed by atoms with Crippen molar-refractivity contribution in [1.29, 1.82) is 0 Å². The quantitative estimate of drug-likeness (QED) is 0.664. The van der Waals surface area contributed by atoms with Crippen LogP contribution in [0.4, 0.5) is 0 Å². The number of benzene rings is 2. The SMILES string of the molecule is Cc1ccc(C)c(/C=N\NC(=O)c2ccc(O)cc2)c1. The van der Waals surface area contributed by atoms with Crippen LogP contribution in [0.1, 0.15) is 27.0 Å². The maximum absolute atomic E-state index is 11.8. The highest BCUT2D eigenvalue weighted by atomic mass is 16.3. The molecule has 0 saturated carbocycles. The minimum absolute atomic E-state index is 0.125. The Bertz CT molecular complexity index is 646. The maximum atomic E-state index is 11.8. The first-order chi connectivity index (χ1) is 9.56. The molecule has 0 bridgehead atoms. The topological polar surface area (TPSA) is 61.7 Å². The molecule has 102 valence electrons. The Labute approximate surface area is 117 Å². The first-order valence-corrected chi connectivity index (χ1v) is 6.26. The molecule has 0 aliphatic heterocycles. The van der Waals surface area contributed by atoms with Gasteiger partial charge in [-0.1, -0.05) is 23.8 Å². The van der Waals surface area contributed by atoms with E-state index in [0.29, 0.717) is 5.56 Å². The Balaban J connectivity index is 2.04. The minimum Gasteiger partial charge on any atom is -0.508 e. The van der Waals surface area contributed by atoms with E-state index in [2.05, 4.69) is 10.5 Å². The molecule has 20 heavy (non-hydrogen) atoms. The predicted molar refractivity (Wildman–Crippen MR) is 79.1 cm³/mol. The van der Waals surface area contributed by atoms with Gasteiger partial charge in [-0.2, -0.15) is 5.10 Å². The molecular formula is C16H16N2O2. The third-order valence-corrected chi connectivity index (χ3v) is 2.93. The van der Waals surface area contributed by atoms with Crippen molar-refractivity contribution in [1.82, 2.24) is 5.43 Å². The van der Waals surface area contributed by atoms with Crippen molar-refractivity contribution in [2.75, 3.05) is 0 Å². The van der Waals surface area contributed by atoms with Crippen molar-refractivity contribution in [3.05, 3.63) is 64.7 Å². The lowest BCUT2D eigenvalue weighted by Crippen LogP contribution is -2.17. The van der Waals surface area contributed by atoms with Gasteiger partial charge in [0.05, 0.1) is 6.21 Å². The van der Waals surface area contributed by atoms with Gasteiger partial charge < -0.3 is 5.11 Å². The molecule has 2 rings (SSSR count). The first kappa shape index (κ1) is 13.8. The average Bonchev–Trinajstić information content (AvgIpc) is 2.43. The number of hydrogen-bond acceptors (Lipinski definition) is 3. The zero-order chi connectivity index (χ0) is 14.5. The molecule has 2 aromatic carbocycles. The van der Waals surface area contributed by atoms with Crippen LogP contribution in [-0.2, 0) is 0 Å². The number of phenolic OH excluding ortho intramolecular Hbond substituents is 1. The third kappa shape index (κ3) is 3.45. The zero-order valence-electron chi connectivity index (χ0n) is 11.4. The van der Waals surface area contributed by atoms with Gasteiger partial charge in [0.25, 0.3) is 5.91 Å². The molecule has 4 heteroatoms. The molecule has 0 fully saturated rings. The number of phenols is 1. The summed E-state index contributed by atoms with van der Waals surface area (Å²) in [6, 6.07) is 12.1. The van der Waals surface area contributed by atoms with Crippen molar-refractivity contribution in [2.24, 2.45) is 5.10 Å². The Morgan fingerprint density at radius 1 is 1.15 bits per heavy atom. The van der Waals surface area contributed by atoms with E-state index in [4.69, 9.17) is 5.11 Å². The van der Waals surface area contributed by atoms with E-state index in [1.165, 1.54) is 24.3 Å². The fourth-order valence-electron chi connectivity index (χ4n) is 1.74. The van der Waals surface area contributed by atoms with Crippen molar-refractivity contribution >= 4 is 12.1 Å². The molecule has 4 nitrogen and oxygen atoms in total. The molecule has 0 unspecified atom stereocenters. The summed E-state index contributed by atoms with van der Waals surface area (Å²) in [5.41, 5.74) is 6.11. The lowest BCUT2D eigenvalue weighted by Gasteiger charge is -2.02. The van der Waals surface area contributed by atoms with Gasteiger partial charge in [-0.15, -0.1) is 0 Å². The lowest BCUT2D eigenvalue weighted by atomic mass is 10.1. The van der Waals surface area contributed by atoms with Crippen LogP contribution in [0.5, 0.6) is 5.75 Å². The molecule has 0 radical (unpaired) electrons. The van der Waals surface area contributed by atoms with Gasteiger partial charge in [0, 0.05) is 5.56 Å². The van der Waals surface area contributed by atoms with E-state index in [9.17, 15) is 4.79 Å². The number of nitrogens with one attached hydrogen (secondary N) is 1. The van der Waals surface area contributed by atoms with Crippen LogP contribution in [0, 0.1) is 13.8 Å². The van der Waals surface area contributed by atoms with Gasteiger partial charge in [0.1, 0.15) is 5.75 Å². The summed E-state index contributed by atoms with van der Waals surface area (Å²) in [5, 5.41) is 13.1. The standard InChI is InChI=1S/C16H16N2O2/c1-11-3-4-12(2)14(9-11)10-17-18-16(20)13-5-7-15(19)8-6-13/h3-10,19H,1-2H3,(H,18,20)/b17-10-. The number of hydrazone groups is 1. The monoisotopic (exact) mass is 268 g/mol. The summed E-state index contributed by atoms with van der Waals surface area (Å²) >= 11 is 0. The Hall–Kier alpha value is -2.62. The van der Waals surface area contributed by atoms with Gasteiger partial charge in [-0.3, -0.25) is 4.79 Å². The molecule has 0 spiro atoms. The number of rotatable bonds is 3. The highest BCUT2D eigenvalue weighted by molar-refractivity contribution is 5.95. The first-order valence-electron chi connectivity index (χ1n) is 6.26. The Morgan fingerprint density at radius 3 is 2.55 bits per heavy atom. The Kier molecular flexibility index (Phi) is 4.15. The molecule has 0 heterocycles. The summed E-state index contributed by atoms with van der Waals surface area (Å²) < 4.78 is 0. The fourth-order valence-corrected chi connectivity index (χ4v) is 1.74. The van der Waals surface area contributed by atoms with E-state index >= 15 is 0 Å². The average molecular weight is 268 g/mol. The van der Waals surface area contributed by atoms with Gasteiger partial charge in [0.15, 0.2) is 0 Å². The second kappa shape index (κ2) is 6.02. The third-order valence-electron chi connectivity index (χ3n) is 2.93. The number of hydrogen-bond donors (Lipinski definition) is 2. The zero-order valence-corrected chi connectivity index (χ0v) is 11.4. The van der Waals surface area contributed by atoms with Crippen LogP contribution in [0.3, 0.4) is 0 Å². The molecule has 1 amide bonds. The highest BCUT2D eigenvalue weighted by Crippen LogP contribution is 2.10. The summed E-state index contributed by atoms with van der Waals surface area (Å²) in [7, 11) is 0. The van der Waals surface area contributed by atoms with Crippen LogP contribution in [0.2, 0.25) is 0 Å². The van der Waals surface area contributed by atoms with E-state index in [-0.39, 0.29) is 11.7 Å². The number of amides is 1. The summed E-state index contributed by atoms with van der Waals surface area (Å²) in [6.07, 6.45) is 1.63. The van der Waals surface area contributed by atoms with Crippen molar-refractivity contribution in [3.8, 4) is 5.75 Å². The van der Waals surface area contributed by atoms with Gasteiger partial charge in [-0.05, 0) is 49.2 Å². The Morgan fingerprint density at radius 2 is 1.85 bits per heavy atom. The molecular weight excluding hydrogens is 252 g/mol. The number of carbonyl (C=O) groups excluding carboxylic acids is 1. The molecule has 2 aromatic rings. The smallest absolute Gasteiger partial charge is 0.271 e. The summed E-state index contributed by atoms with van der Waals surface area (Å²) in [4.78, 5) is 11.8. The van der Waals surface area contributed by atoms with Crippen LogP contribution in [0.15, 0.2) is 47.6 Å². The fraction of sp³-hybridized carbons (Fsp3) is 0.125. The molecule has 0 aliphatic rings. The summed E-state index contributed by atoms with van der Waals surface area (Å²) in [6.45, 7) is 3.99. The number of nitrogens with zero attached hydrogens (tertiary/aromatic N) is 1. The molecule has 0 saturated heterocycles. The van der Waals surface area contributed by atoms with Crippen LogP contribution >= 0.6 is 0 Å². The molecule has 0 aliphatic carbocycles. The van der Waals surface area contributed by atoms with Crippen molar-refractivity contribution in [3.63, 3.8) is 0 Å². The molecule has 2 N–H and O–H groups in total. The number of carbonyl (C=O) groups is 1. The van der Waals surface area contributed by atoms with Crippen molar-refractivity contribution < 1.29 is 9.90 Å². The summed E-state index contributed by atoms with van der Waals surface area (Å²) in [5.74, 6) is -0.188. The minimum atomic E-state index is -0.313. The van der Waals surface area contributed by atoms with Gasteiger partial charge in [0.2, 0.25) is 0 Å². The van der Waals surface area contributed by atoms with Crippen LogP contribution < -0.4 is 5.43 Å². The van der Waals surface area contributed by atoms with Gasteiger partial charge >= 0.3 is 0 Å². The van der Waals surface area contributed by atoms with Crippen molar-refractivity contribution in [2.45, 2.75) is 13.8 Å². The van der Waals surface area contributed by atoms with E-state index in [1.807, 2.05) is 32.0 Å². The largest absolute Gasteiger partial charge is 0.508 e. The maximum Gasteiger partial charge on any atom is 0.271 e. The normalized spacial score (nSPS) is 10.7. The number of aromatic hydroxyl groups is 1. The van der Waals surface area contributed by atoms with Crippen LogP contribution in [0.25, 0.3) is 0 Å². The molecule has 0 aromatic heterocycles. The van der Waals surface area contributed by atoms with Gasteiger partial charge in [-0.25, -0.2) is 5.43 Å². The second-order valence-electron chi connectivity index (χ2n) is 4.61. The van der Waals surface area contributed by atoms with E-state index in [1.54, 1.807) is 6.21 Å². The van der Waals surface area contributed by atoms with E-state index < -0.39 is 0 Å².